The predicted octanol–water partition coefficient (Wildman–Crippen LogP) is 5.58. The van der Waals surface area contributed by atoms with Gasteiger partial charge in [-0.3, -0.25) is 0 Å². The average molecular weight is 390 g/mol. The van der Waals surface area contributed by atoms with Gasteiger partial charge in [-0.1, -0.05) is 55.1 Å². The highest BCUT2D eigenvalue weighted by atomic mass is 19.1. The van der Waals surface area contributed by atoms with Gasteiger partial charge < -0.3 is 9.84 Å². The third-order valence-corrected chi connectivity index (χ3v) is 4.70. The van der Waals surface area contributed by atoms with Crippen LogP contribution in [0.1, 0.15) is 23.6 Å². The molecule has 1 N–H and O–H groups in total. The fourth-order valence-corrected chi connectivity index (χ4v) is 3.07. The molecule has 3 aromatic rings. The second kappa shape index (κ2) is 8.84. The first kappa shape index (κ1) is 20.5. The molecule has 0 saturated carbocycles. The summed E-state index contributed by atoms with van der Waals surface area (Å²) in [7, 11) is 0. The second-order valence-electron chi connectivity index (χ2n) is 7.07. The molecule has 0 saturated heterocycles. The maximum Gasteiger partial charge on any atom is 0.333 e. The van der Waals surface area contributed by atoms with Gasteiger partial charge >= 0.3 is 5.97 Å². The minimum Gasteiger partial charge on any atom is -0.457 e. The Morgan fingerprint density at radius 3 is 2.28 bits per heavy atom. The van der Waals surface area contributed by atoms with E-state index in [9.17, 15) is 14.3 Å². The summed E-state index contributed by atoms with van der Waals surface area (Å²) in [6, 6.07) is 18.2. The highest BCUT2D eigenvalue weighted by Crippen LogP contribution is 2.31. The van der Waals surface area contributed by atoms with Crippen molar-refractivity contribution in [2.45, 2.75) is 27.1 Å². The van der Waals surface area contributed by atoms with Gasteiger partial charge in [0, 0.05) is 11.1 Å². The summed E-state index contributed by atoms with van der Waals surface area (Å²) < 4.78 is 19.8. The first-order valence-corrected chi connectivity index (χ1v) is 9.31. The molecular weight excluding hydrogens is 367 g/mol. The largest absolute Gasteiger partial charge is 0.457 e. The summed E-state index contributed by atoms with van der Waals surface area (Å²) >= 11 is 0. The molecular formula is C25H23FO3. The maximum absolute atomic E-state index is 14.5. The Morgan fingerprint density at radius 1 is 1.00 bits per heavy atom. The molecule has 3 rings (SSSR count). The third kappa shape index (κ3) is 4.79. The lowest BCUT2D eigenvalue weighted by Crippen LogP contribution is -2.06. The van der Waals surface area contributed by atoms with Gasteiger partial charge in [0.25, 0.3) is 0 Å². The fourth-order valence-electron chi connectivity index (χ4n) is 3.07. The van der Waals surface area contributed by atoms with E-state index in [1.807, 2.05) is 55.5 Å². The molecule has 3 nitrogen and oxygen atoms in total. The van der Waals surface area contributed by atoms with Crippen molar-refractivity contribution in [1.29, 1.82) is 0 Å². The van der Waals surface area contributed by atoms with Crippen molar-refractivity contribution in [2.24, 2.45) is 0 Å². The Balaban J connectivity index is 2.04. The van der Waals surface area contributed by atoms with E-state index in [4.69, 9.17) is 4.74 Å². The molecule has 0 radical (unpaired) electrons. The van der Waals surface area contributed by atoms with Gasteiger partial charge in [-0.15, -0.1) is 0 Å². The Bertz CT molecular complexity index is 1050. The van der Waals surface area contributed by atoms with E-state index < -0.39 is 5.97 Å². The summed E-state index contributed by atoms with van der Waals surface area (Å²) in [6.45, 7) is 7.05. The molecule has 0 unspecified atom stereocenters. The van der Waals surface area contributed by atoms with Crippen molar-refractivity contribution in [3.8, 4) is 22.3 Å². The van der Waals surface area contributed by atoms with Crippen LogP contribution in [0.15, 0.2) is 72.8 Å². The highest BCUT2D eigenvalue weighted by Gasteiger charge is 2.13. The van der Waals surface area contributed by atoms with Gasteiger partial charge in [-0.2, -0.15) is 0 Å². The van der Waals surface area contributed by atoms with Crippen LogP contribution in [-0.4, -0.2) is 11.1 Å². The van der Waals surface area contributed by atoms with E-state index in [0.717, 1.165) is 27.8 Å². The molecule has 3 aromatic carbocycles. The zero-order valence-corrected chi connectivity index (χ0v) is 16.5. The van der Waals surface area contributed by atoms with E-state index in [1.54, 1.807) is 13.0 Å². The van der Waals surface area contributed by atoms with Gasteiger partial charge in [0.15, 0.2) is 0 Å². The van der Waals surface area contributed by atoms with Crippen molar-refractivity contribution in [3.05, 3.63) is 95.3 Å². The summed E-state index contributed by atoms with van der Waals surface area (Å²) in [5, 5.41) is 9.26. The summed E-state index contributed by atoms with van der Waals surface area (Å²) in [5.41, 5.74) is 5.72. The smallest absolute Gasteiger partial charge is 0.333 e. The molecule has 148 valence electrons. The standard InChI is InChI=1S/C25H23FO3/c1-16(2)25(28)29-15-21-13-20(23-10-4-17(3)12-24(23)26)9-11-22(21)19-7-5-18(14-27)6-8-19/h4-13,27H,1,14-15H2,2-3H3. The van der Waals surface area contributed by atoms with E-state index in [1.165, 1.54) is 6.07 Å². The number of hydrogen-bond donors (Lipinski definition) is 1. The molecule has 4 heteroatoms. The Kier molecular flexibility index (Phi) is 6.25. The lowest BCUT2D eigenvalue weighted by Gasteiger charge is -2.14. The van der Waals surface area contributed by atoms with Crippen molar-refractivity contribution < 1.29 is 19.0 Å². The highest BCUT2D eigenvalue weighted by molar-refractivity contribution is 5.87. The molecule has 0 atom stereocenters. The van der Waals surface area contributed by atoms with Gasteiger partial charge in [0.05, 0.1) is 6.61 Å². The number of aryl methyl sites for hydroxylation is 1. The Labute approximate surface area is 170 Å². The molecule has 0 fully saturated rings. The van der Waals surface area contributed by atoms with Crippen molar-refractivity contribution in [1.82, 2.24) is 0 Å². The SMILES string of the molecule is C=C(C)C(=O)OCc1cc(-c2ccc(C)cc2F)ccc1-c1ccc(CO)cc1. The second-order valence-corrected chi connectivity index (χ2v) is 7.07. The van der Waals surface area contributed by atoms with E-state index in [-0.39, 0.29) is 19.0 Å². The molecule has 0 aromatic heterocycles. The topological polar surface area (TPSA) is 46.5 Å². The molecule has 0 bridgehead atoms. The molecule has 0 amide bonds. The van der Waals surface area contributed by atoms with Crippen molar-refractivity contribution in [3.63, 3.8) is 0 Å². The average Bonchev–Trinajstić information content (AvgIpc) is 2.72. The van der Waals surface area contributed by atoms with Crippen LogP contribution >= 0.6 is 0 Å². The van der Waals surface area contributed by atoms with Crippen LogP contribution in [-0.2, 0) is 22.7 Å². The van der Waals surface area contributed by atoms with Gasteiger partial charge in [0.2, 0.25) is 0 Å². The zero-order chi connectivity index (χ0) is 21.0. The third-order valence-electron chi connectivity index (χ3n) is 4.70. The first-order chi connectivity index (χ1) is 13.9. The van der Waals surface area contributed by atoms with Crippen LogP contribution in [0, 0.1) is 12.7 Å². The lowest BCUT2D eigenvalue weighted by atomic mass is 9.94. The molecule has 0 heterocycles. The summed E-state index contributed by atoms with van der Waals surface area (Å²) in [6.07, 6.45) is 0. The van der Waals surface area contributed by atoms with Gasteiger partial charge in [0.1, 0.15) is 12.4 Å². The van der Waals surface area contributed by atoms with Crippen LogP contribution < -0.4 is 0 Å². The zero-order valence-electron chi connectivity index (χ0n) is 16.5. The quantitative estimate of drug-likeness (QED) is 0.441. The predicted molar refractivity (Wildman–Crippen MR) is 113 cm³/mol. The number of rotatable bonds is 6. The Hall–Kier alpha value is -3.24. The van der Waals surface area contributed by atoms with Crippen LogP contribution in [0.3, 0.4) is 0 Å². The molecule has 29 heavy (non-hydrogen) atoms. The van der Waals surface area contributed by atoms with Gasteiger partial charge in [-0.05, 0) is 59.4 Å². The van der Waals surface area contributed by atoms with Crippen molar-refractivity contribution in [2.75, 3.05) is 0 Å². The number of benzene rings is 3. The number of halogens is 1. The summed E-state index contributed by atoms with van der Waals surface area (Å²) in [4.78, 5) is 11.9. The lowest BCUT2D eigenvalue weighted by molar-refractivity contribution is -0.140. The number of esters is 1. The number of ether oxygens (including phenoxy) is 1. The van der Waals surface area contributed by atoms with Crippen LogP contribution in [0.2, 0.25) is 0 Å². The number of carbonyl (C=O) groups is 1. The fraction of sp³-hybridized carbons (Fsp3) is 0.160. The number of aliphatic hydroxyl groups is 1. The molecule has 0 aliphatic carbocycles. The Morgan fingerprint density at radius 2 is 1.66 bits per heavy atom. The van der Waals surface area contributed by atoms with E-state index >= 15 is 0 Å². The first-order valence-electron chi connectivity index (χ1n) is 9.31. The number of hydrogen-bond acceptors (Lipinski definition) is 3. The van der Waals surface area contributed by atoms with Gasteiger partial charge in [-0.25, -0.2) is 9.18 Å². The maximum atomic E-state index is 14.5. The number of aliphatic hydroxyl groups excluding tert-OH is 1. The minimum atomic E-state index is -0.474. The van der Waals surface area contributed by atoms with E-state index in [0.29, 0.717) is 16.7 Å². The molecule has 0 aliphatic heterocycles. The monoisotopic (exact) mass is 390 g/mol. The normalized spacial score (nSPS) is 10.6. The minimum absolute atomic E-state index is 0.0327. The molecule has 0 aliphatic rings. The van der Waals surface area contributed by atoms with Crippen LogP contribution in [0.25, 0.3) is 22.3 Å². The summed E-state index contributed by atoms with van der Waals surface area (Å²) in [5.74, 6) is -0.770. The van der Waals surface area contributed by atoms with Crippen molar-refractivity contribution >= 4 is 5.97 Å². The number of carbonyl (C=O) groups excluding carboxylic acids is 1. The molecule has 0 spiro atoms. The van der Waals surface area contributed by atoms with Crippen LogP contribution in [0.4, 0.5) is 4.39 Å². The van der Waals surface area contributed by atoms with E-state index in [2.05, 4.69) is 6.58 Å². The van der Waals surface area contributed by atoms with Crippen LogP contribution in [0.5, 0.6) is 0 Å².